The normalized spacial score (nSPS) is 15.2. The van der Waals surface area contributed by atoms with Gasteiger partial charge in [0.05, 0.1) is 26.9 Å². The van der Waals surface area contributed by atoms with Crippen LogP contribution in [0.1, 0.15) is 45.3 Å². The first kappa shape index (κ1) is 21.7. The van der Waals surface area contributed by atoms with Crippen LogP contribution in [-0.2, 0) is 17.6 Å². The zero-order chi connectivity index (χ0) is 22.8. The van der Waals surface area contributed by atoms with Gasteiger partial charge >= 0.3 is 5.97 Å². The lowest BCUT2D eigenvalue weighted by Crippen LogP contribution is -2.15. The number of H-pyrrole nitrogens is 1. The molecule has 7 nitrogen and oxygen atoms in total. The predicted molar refractivity (Wildman–Crippen MR) is 120 cm³/mol. The number of benzene rings is 2. The van der Waals surface area contributed by atoms with E-state index in [9.17, 15) is 9.59 Å². The minimum atomic E-state index is -0.536. The fourth-order valence-electron chi connectivity index (χ4n) is 4.26. The molecule has 0 amide bonds. The van der Waals surface area contributed by atoms with Gasteiger partial charge in [-0.05, 0) is 61.1 Å². The molecule has 1 aliphatic rings. The number of ketones is 1. The second-order valence-electron chi connectivity index (χ2n) is 8.10. The smallest absolute Gasteiger partial charge is 0.338 e. The van der Waals surface area contributed by atoms with E-state index in [0.717, 1.165) is 30.2 Å². The summed E-state index contributed by atoms with van der Waals surface area (Å²) < 4.78 is 21.2. The maximum absolute atomic E-state index is 12.7. The van der Waals surface area contributed by atoms with Gasteiger partial charge in [-0.2, -0.15) is 0 Å². The first-order valence-corrected chi connectivity index (χ1v) is 10.6. The van der Waals surface area contributed by atoms with Crippen LogP contribution in [0.25, 0.3) is 10.9 Å². The Hall–Kier alpha value is -3.48. The number of hydrogen-bond donors (Lipinski definition) is 1. The van der Waals surface area contributed by atoms with E-state index in [2.05, 4.69) is 11.9 Å². The van der Waals surface area contributed by atoms with Gasteiger partial charge in [-0.3, -0.25) is 4.79 Å². The summed E-state index contributed by atoms with van der Waals surface area (Å²) in [6.45, 7) is 1.85. The fourth-order valence-corrected chi connectivity index (χ4v) is 4.26. The summed E-state index contributed by atoms with van der Waals surface area (Å²) >= 11 is 0. The van der Waals surface area contributed by atoms with Gasteiger partial charge in [-0.1, -0.05) is 6.92 Å². The molecule has 168 valence electrons. The molecule has 4 rings (SSSR count). The number of ether oxygens (including phenoxy) is 4. The van der Waals surface area contributed by atoms with E-state index in [4.69, 9.17) is 18.9 Å². The van der Waals surface area contributed by atoms with Crippen LogP contribution in [-0.4, -0.2) is 44.7 Å². The molecule has 1 aromatic heterocycles. The molecule has 7 heteroatoms. The SMILES string of the molecule is COc1cc(C(=O)COC(=O)c2ccc3[nH]c4c(c3c2)CC(C)CC4)cc(OC)c1OC. The molecular formula is C25H27NO6. The Morgan fingerprint density at radius 1 is 1.00 bits per heavy atom. The Kier molecular flexibility index (Phi) is 6.08. The molecule has 2 aromatic carbocycles. The molecule has 0 fully saturated rings. The second-order valence-corrected chi connectivity index (χ2v) is 8.10. The van der Waals surface area contributed by atoms with E-state index in [1.165, 1.54) is 44.7 Å². The fraction of sp³-hybridized carbons (Fsp3) is 0.360. The van der Waals surface area contributed by atoms with Crippen molar-refractivity contribution in [2.45, 2.75) is 26.2 Å². The van der Waals surface area contributed by atoms with E-state index < -0.39 is 12.6 Å². The summed E-state index contributed by atoms with van der Waals surface area (Å²) in [4.78, 5) is 28.8. The van der Waals surface area contributed by atoms with Crippen molar-refractivity contribution < 1.29 is 28.5 Å². The van der Waals surface area contributed by atoms with Crippen molar-refractivity contribution in [3.05, 3.63) is 52.7 Å². The summed E-state index contributed by atoms with van der Waals surface area (Å²) in [5.74, 6) is 0.823. The molecule has 1 heterocycles. The average Bonchev–Trinajstić information content (AvgIpc) is 3.18. The van der Waals surface area contributed by atoms with Crippen molar-refractivity contribution in [3.63, 3.8) is 0 Å². The number of Topliss-reactive ketones (excluding diaryl/α,β-unsaturated/α-hetero) is 1. The lowest BCUT2D eigenvalue weighted by atomic mass is 9.87. The zero-order valence-electron chi connectivity index (χ0n) is 18.7. The standard InChI is InChI=1S/C25H27NO6/c1-14-5-7-19-17(9-14)18-10-15(6-8-20(18)26-19)25(28)32-13-21(27)16-11-22(29-2)24(31-4)23(12-16)30-3/h6,8,10-12,14,26H,5,7,9,13H2,1-4H3. The molecule has 1 unspecified atom stereocenters. The third kappa shape index (κ3) is 4.02. The maximum Gasteiger partial charge on any atom is 0.338 e. The Morgan fingerprint density at radius 2 is 1.72 bits per heavy atom. The maximum atomic E-state index is 12.7. The van der Waals surface area contributed by atoms with E-state index in [1.54, 1.807) is 6.07 Å². The van der Waals surface area contributed by atoms with Crippen molar-refractivity contribution in [2.24, 2.45) is 5.92 Å². The second kappa shape index (κ2) is 8.94. The first-order valence-electron chi connectivity index (χ1n) is 10.6. The first-order chi connectivity index (χ1) is 15.4. The van der Waals surface area contributed by atoms with Crippen molar-refractivity contribution in [1.82, 2.24) is 4.98 Å². The third-order valence-corrected chi connectivity index (χ3v) is 5.99. The molecule has 1 N–H and O–H groups in total. The van der Waals surface area contributed by atoms with Gasteiger partial charge in [0.1, 0.15) is 0 Å². The van der Waals surface area contributed by atoms with Crippen LogP contribution in [0.15, 0.2) is 30.3 Å². The number of rotatable bonds is 7. The molecule has 0 spiro atoms. The van der Waals surface area contributed by atoms with Crippen molar-refractivity contribution >= 4 is 22.7 Å². The number of fused-ring (bicyclic) bond motifs is 3. The minimum absolute atomic E-state index is 0.302. The monoisotopic (exact) mass is 437 g/mol. The van der Waals surface area contributed by atoms with Gasteiger partial charge in [0.25, 0.3) is 0 Å². The van der Waals surface area contributed by atoms with Gasteiger partial charge in [0.2, 0.25) is 11.5 Å². The number of nitrogens with one attached hydrogen (secondary N) is 1. The van der Waals surface area contributed by atoms with Crippen LogP contribution in [0.2, 0.25) is 0 Å². The molecule has 0 saturated heterocycles. The van der Waals surface area contributed by atoms with Gasteiger partial charge in [0.15, 0.2) is 18.1 Å². The highest BCUT2D eigenvalue weighted by Gasteiger charge is 2.22. The number of methoxy groups -OCH3 is 3. The molecule has 0 aliphatic heterocycles. The summed E-state index contributed by atoms with van der Waals surface area (Å²) in [6.07, 6.45) is 3.18. The number of carbonyl (C=O) groups is 2. The van der Waals surface area contributed by atoms with Gasteiger partial charge in [0, 0.05) is 22.2 Å². The predicted octanol–water partition coefficient (Wildman–Crippen LogP) is 4.36. The number of carbonyl (C=O) groups excluding carboxylic acids is 2. The number of hydrogen-bond acceptors (Lipinski definition) is 6. The van der Waals surface area contributed by atoms with Crippen LogP contribution < -0.4 is 14.2 Å². The van der Waals surface area contributed by atoms with Gasteiger partial charge < -0.3 is 23.9 Å². The van der Waals surface area contributed by atoms with Crippen LogP contribution in [0.4, 0.5) is 0 Å². The van der Waals surface area contributed by atoms with Crippen LogP contribution in [0.5, 0.6) is 17.2 Å². The van der Waals surface area contributed by atoms with Crippen molar-refractivity contribution in [3.8, 4) is 17.2 Å². The highest BCUT2D eigenvalue weighted by molar-refractivity contribution is 6.01. The summed E-state index contributed by atoms with van der Waals surface area (Å²) in [5.41, 5.74) is 4.28. The molecule has 0 radical (unpaired) electrons. The van der Waals surface area contributed by atoms with Crippen molar-refractivity contribution in [2.75, 3.05) is 27.9 Å². The highest BCUT2D eigenvalue weighted by atomic mass is 16.5. The molecular weight excluding hydrogens is 410 g/mol. The van der Waals surface area contributed by atoms with Crippen LogP contribution >= 0.6 is 0 Å². The number of aryl methyl sites for hydroxylation is 1. The molecule has 32 heavy (non-hydrogen) atoms. The number of aromatic amines is 1. The summed E-state index contributed by atoms with van der Waals surface area (Å²) in [7, 11) is 4.44. The molecule has 3 aromatic rings. The Labute approximate surface area is 186 Å². The number of esters is 1. The van der Waals surface area contributed by atoms with Gasteiger partial charge in [-0.15, -0.1) is 0 Å². The molecule has 1 aliphatic carbocycles. The Bertz CT molecular complexity index is 1150. The molecule has 0 bridgehead atoms. The lowest BCUT2D eigenvalue weighted by Gasteiger charge is -2.18. The summed E-state index contributed by atoms with van der Waals surface area (Å²) in [6, 6.07) is 8.55. The zero-order valence-corrected chi connectivity index (χ0v) is 18.7. The van der Waals surface area contributed by atoms with Crippen molar-refractivity contribution in [1.29, 1.82) is 0 Å². The number of aromatic nitrogens is 1. The summed E-state index contributed by atoms with van der Waals surface area (Å²) in [5, 5.41) is 1.05. The largest absolute Gasteiger partial charge is 0.493 e. The highest BCUT2D eigenvalue weighted by Crippen LogP contribution is 2.38. The van der Waals surface area contributed by atoms with Crippen LogP contribution in [0.3, 0.4) is 0 Å². The lowest BCUT2D eigenvalue weighted by molar-refractivity contribution is 0.0475. The van der Waals surface area contributed by atoms with Gasteiger partial charge in [-0.25, -0.2) is 4.79 Å². The van der Waals surface area contributed by atoms with E-state index in [0.29, 0.717) is 34.3 Å². The quantitative estimate of drug-likeness (QED) is 0.437. The third-order valence-electron chi connectivity index (χ3n) is 5.99. The average molecular weight is 437 g/mol. The molecule has 1 atom stereocenters. The van der Waals surface area contributed by atoms with E-state index in [1.807, 2.05) is 12.1 Å². The Balaban J connectivity index is 1.51. The topological polar surface area (TPSA) is 86.9 Å². The minimum Gasteiger partial charge on any atom is -0.493 e. The Morgan fingerprint density at radius 3 is 2.38 bits per heavy atom. The molecule has 0 saturated carbocycles. The van der Waals surface area contributed by atoms with Crippen LogP contribution in [0, 0.1) is 5.92 Å². The van der Waals surface area contributed by atoms with E-state index in [-0.39, 0.29) is 5.78 Å². The van der Waals surface area contributed by atoms with E-state index >= 15 is 0 Å².